The third kappa shape index (κ3) is 2.67. The predicted octanol–water partition coefficient (Wildman–Crippen LogP) is 2.79. The van der Waals surface area contributed by atoms with Crippen molar-refractivity contribution in [2.75, 3.05) is 6.54 Å². The van der Waals surface area contributed by atoms with E-state index < -0.39 is 0 Å². The molecular weight excluding hydrogens is 272 g/mol. The van der Waals surface area contributed by atoms with E-state index in [1.165, 1.54) is 11.3 Å². The third-order valence-electron chi connectivity index (χ3n) is 3.47. The van der Waals surface area contributed by atoms with Crippen molar-refractivity contribution in [2.24, 2.45) is 0 Å². The van der Waals surface area contributed by atoms with Crippen molar-refractivity contribution < 1.29 is 0 Å². The number of rotatable bonds is 3. The van der Waals surface area contributed by atoms with E-state index in [1.807, 2.05) is 12.1 Å². The van der Waals surface area contributed by atoms with Gasteiger partial charge in [0.2, 0.25) is 0 Å². The molecule has 1 aliphatic heterocycles. The summed E-state index contributed by atoms with van der Waals surface area (Å²) >= 11 is 5.88. The molecule has 0 aromatic carbocycles. The molecule has 104 valence electrons. The number of pyridine rings is 1. The highest BCUT2D eigenvalue weighted by Crippen LogP contribution is 2.22. The number of nitrogens with one attached hydrogen (secondary N) is 1. The summed E-state index contributed by atoms with van der Waals surface area (Å²) in [5, 5.41) is 3.99. The maximum atomic E-state index is 5.88. The van der Waals surface area contributed by atoms with Gasteiger partial charge in [-0.15, -0.1) is 0 Å². The van der Waals surface area contributed by atoms with Gasteiger partial charge >= 0.3 is 0 Å². The fourth-order valence-electron chi connectivity index (χ4n) is 2.50. The van der Waals surface area contributed by atoms with Crippen LogP contribution in [-0.2, 0) is 19.4 Å². The fourth-order valence-corrected chi connectivity index (χ4v) is 2.62. The lowest BCUT2D eigenvalue weighted by Crippen LogP contribution is -2.26. The van der Waals surface area contributed by atoms with Gasteiger partial charge in [-0.2, -0.15) is 0 Å². The largest absolute Gasteiger partial charge is 0.311 e. The second-order valence-corrected chi connectivity index (χ2v) is 5.39. The summed E-state index contributed by atoms with van der Waals surface area (Å²) in [5.74, 6) is 0.701. The third-order valence-corrected chi connectivity index (χ3v) is 3.69. The number of hydrogen-bond acceptors (Lipinski definition) is 4. The van der Waals surface area contributed by atoms with Gasteiger partial charge in [-0.1, -0.05) is 24.9 Å². The molecule has 3 rings (SSSR count). The zero-order valence-corrected chi connectivity index (χ0v) is 12.2. The van der Waals surface area contributed by atoms with Gasteiger partial charge in [0, 0.05) is 18.4 Å². The van der Waals surface area contributed by atoms with E-state index in [1.54, 1.807) is 6.20 Å². The topological polar surface area (TPSA) is 50.7 Å². The van der Waals surface area contributed by atoms with E-state index in [4.69, 9.17) is 16.6 Å². The maximum absolute atomic E-state index is 5.88. The second kappa shape index (κ2) is 5.85. The first-order valence-electron chi connectivity index (χ1n) is 6.99. The van der Waals surface area contributed by atoms with Gasteiger partial charge in [0.05, 0.1) is 10.7 Å². The highest BCUT2D eigenvalue weighted by Gasteiger charge is 2.17. The quantitative estimate of drug-likeness (QED) is 0.943. The predicted molar refractivity (Wildman–Crippen MR) is 79.7 cm³/mol. The van der Waals surface area contributed by atoms with Crippen molar-refractivity contribution in [1.29, 1.82) is 0 Å². The van der Waals surface area contributed by atoms with E-state index in [0.29, 0.717) is 10.8 Å². The molecule has 0 saturated carbocycles. The van der Waals surface area contributed by atoms with Crippen LogP contribution in [0.1, 0.15) is 30.3 Å². The molecule has 0 saturated heterocycles. The number of aromatic nitrogens is 3. The Morgan fingerprint density at radius 3 is 2.95 bits per heavy atom. The Balaban J connectivity index is 2.07. The molecule has 1 N–H and O–H groups in total. The van der Waals surface area contributed by atoms with Crippen LogP contribution in [0.2, 0.25) is 5.02 Å². The molecule has 3 heterocycles. The number of halogens is 1. The smallest absolute Gasteiger partial charge is 0.178 e. The Morgan fingerprint density at radius 1 is 1.30 bits per heavy atom. The zero-order valence-electron chi connectivity index (χ0n) is 11.5. The number of aryl methyl sites for hydroxylation is 1. The molecule has 0 amide bonds. The van der Waals surface area contributed by atoms with Crippen molar-refractivity contribution >= 4 is 11.6 Å². The van der Waals surface area contributed by atoms with E-state index in [2.05, 4.69) is 22.2 Å². The minimum Gasteiger partial charge on any atom is -0.311 e. The summed E-state index contributed by atoms with van der Waals surface area (Å²) in [7, 11) is 0. The van der Waals surface area contributed by atoms with Crippen LogP contribution in [0.15, 0.2) is 18.3 Å². The summed E-state index contributed by atoms with van der Waals surface area (Å²) in [5.41, 5.74) is 4.38. The van der Waals surface area contributed by atoms with Crippen LogP contribution in [0.4, 0.5) is 0 Å². The molecule has 0 spiro atoms. The summed E-state index contributed by atoms with van der Waals surface area (Å²) < 4.78 is 0. The zero-order chi connectivity index (χ0) is 13.9. The van der Waals surface area contributed by atoms with Crippen molar-refractivity contribution in [3.05, 3.63) is 40.3 Å². The average molecular weight is 289 g/mol. The molecule has 0 radical (unpaired) electrons. The SMILES string of the molecule is CCCc1nc(-c2ccc(Cl)cn2)nc2c1CCNC2. The van der Waals surface area contributed by atoms with Gasteiger partial charge in [-0.25, -0.2) is 9.97 Å². The Hall–Kier alpha value is -1.52. The van der Waals surface area contributed by atoms with Crippen molar-refractivity contribution in [3.8, 4) is 11.5 Å². The lowest BCUT2D eigenvalue weighted by Gasteiger charge is -2.19. The van der Waals surface area contributed by atoms with Crippen LogP contribution in [0.25, 0.3) is 11.5 Å². The maximum Gasteiger partial charge on any atom is 0.178 e. The lowest BCUT2D eigenvalue weighted by molar-refractivity contribution is 0.614. The first kappa shape index (κ1) is 13.5. The van der Waals surface area contributed by atoms with Gasteiger partial charge < -0.3 is 5.32 Å². The summed E-state index contributed by atoms with van der Waals surface area (Å²) in [4.78, 5) is 13.7. The molecule has 0 unspecified atom stereocenters. The number of fused-ring (bicyclic) bond motifs is 1. The monoisotopic (exact) mass is 288 g/mol. The van der Waals surface area contributed by atoms with Crippen LogP contribution >= 0.6 is 11.6 Å². The Kier molecular flexibility index (Phi) is 3.94. The minimum absolute atomic E-state index is 0.627. The van der Waals surface area contributed by atoms with E-state index in [0.717, 1.165) is 43.7 Å². The van der Waals surface area contributed by atoms with Crippen LogP contribution < -0.4 is 5.32 Å². The molecule has 0 aliphatic carbocycles. The normalized spacial score (nSPS) is 14.1. The molecule has 0 atom stereocenters. The van der Waals surface area contributed by atoms with Crippen LogP contribution in [0.5, 0.6) is 0 Å². The van der Waals surface area contributed by atoms with Crippen LogP contribution in [-0.4, -0.2) is 21.5 Å². The van der Waals surface area contributed by atoms with E-state index in [-0.39, 0.29) is 0 Å². The van der Waals surface area contributed by atoms with Crippen molar-refractivity contribution in [3.63, 3.8) is 0 Å². The van der Waals surface area contributed by atoms with Gasteiger partial charge in [0.15, 0.2) is 5.82 Å². The molecule has 4 nitrogen and oxygen atoms in total. The fraction of sp³-hybridized carbons (Fsp3) is 0.400. The molecular formula is C15H17ClN4. The van der Waals surface area contributed by atoms with Crippen LogP contribution in [0, 0.1) is 0 Å². The Morgan fingerprint density at radius 2 is 2.20 bits per heavy atom. The van der Waals surface area contributed by atoms with Crippen LogP contribution in [0.3, 0.4) is 0 Å². The van der Waals surface area contributed by atoms with Gasteiger partial charge in [-0.3, -0.25) is 4.98 Å². The van der Waals surface area contributed by atoms with Crippen molar-refractivity contribution in [1.82, 2.24) is 20.3 Å². The highest BCUT2D eigenvalue weighted by atomic mass is 35.5. The molecule has 20 heavy (non-hydrogen) atoms. The Bertz CT molecular complexity index is 610. The molecule has 5 heteroatoms. The van der Waals surface area contributed by atoms with Gasteiger partial charge in [0.25, 0.3) is 0 Å². The highest BCUT2D eigenvalue weighted by molar-refractivity contribution is 6.30. The number of hydrogen-bond donors (Lipinski definition) is 1. The average Bonchev–Trinajstić information content (AvgIpc) is 2.48. The van der Waals surface area contributed by atoms with Crippen molar-refractivity contribution in [2.45, 2.75) is 32.7 Å². The van der Waals surface area contributed by atoms with E-state index >= 15 is 0 Å². The minimum atomic E-state index is 0.627. The number of nitrogens with zero attached hydrogens (tertiary/aromatic N) is 3. The van der Waals surface area contributed by atoms with Gasteiger partial charge in [0.1, 0.15) is 5.69 Å². The second-order valence-electron chi connectivity index (χ2n) is 4.96. The standard InChI is InChI=1S/C15H17ClN4/c1-2-3-12-11-6-7-17-9-14(11)20-15(19-12)13-5-4-10(16)8-18-13/h4-5,8,17H,2-3,6-7,9H2,1H3. The molecule has 1 aliphatic rings. The molecule has 2 aromatic heterocycles. The molecule has 0 fully saturated rings. The Labute approximate surface area is 123 Å². The lowest BCUT2D eigenvalue weighted by atomic mass is 10.0. The molecule has 0 bridgehead atoms. The summed E-state index contributed by atoms with van der Waals surface area (Å²) in [6, 6.07) is 3.69. The summed E-state index contributed by atoms with van der Waals surface area (Å²) in [6.45, 7) is 4.00. The van der Waals surface area contributed by atoms with Gasteiger partial charge in [-0.05, 0) is 37.1 Å². The van der Waals surface area contributed by atoms with E-state index in [9.17, 15) is 0 Å². The first-order valence-corrected chi connectivity index (χ1v) is 7.37. The molecule has 2 aromatic rings. The first-order chi connectivity index (χ1) is 9.78. The summed E-state index contributed by atoms with van der Waals surface area (Å²) in [6.07, 6.45) is 4.73.